The maximum absolute atomic E-state index is 14.3. The zero-order valence-corrected chi connectivity index (χ0v) is 28.5. The van der Waals surface area contributed by atoms with Crippen molar-refractivity contribution < 1.29 is 27.5 Å². The Bertz CT molecular complexity index is 1760. The zero-order chi connectivity index (χ0) is 34.1. The largest absolute Gasteiger partial charge is 0.497 e. The van der Waals surface area contributed by atoms with Gasteiger partial charge in [0.05, 0.1) is 17.7 Å². The highest BCUT2D eigenvalue weighted by Crippen LogP contribution is 2.29. The summed E-state index contributed by atoms with van der Waals surface area (Å²) < 4.78 is 40.7. The third-order valence-electron chi connectivity index (χ3n) is 8.62. The van der Waals surface area contributed by atoms with E-state index in [1.165, 1.54) is 17.0 Å². The number of rotatable bonds is 13. The number of benzene rings is 4. The predicted molar refractivity (Wildman–Crippen MR) is 187 cm³/mol. The van der Waals surface area contributed by atoms with Crippen molar-refractivity contribution in [3.8, 4) is 17.2 Å². The molecular weight excluding hydrogens is 627 g/mol. The van der Waals surface area contributed by atoms with Crippen LogP contribution in [0.15, 0.2) is 108 Å². The molecule has 4 aromatic rings. The summed E-state index contributed by atoms with van der Waals surface area (Å²) in [4.78, 5) is 29.4. The summed E-state index contributed by atoms with van der Waals surface area (Å²) in [5.74, 6) is 1.03. The molecule has 48 heavy (non-hydrogen) atoms. The van der Waals surface area contributed by atoms with Crippen LogP contribution in [-0.2, 0) is 26.2 Å². The van der Waals surface area contributed by atoms with E-state index >= 15 is 0 Å². The molecule has 0 bridgehead atoms. The van der Waals surface area contributed by atoms with Crippen molar-refractivity contribution in [1.29, 1.82) is 0 Å². The molecule has 5 rings (SSSR count). The van der Waals surface area contributed by atoms with Gasteiger partial charge >= 0.3 is 0 Å². The fraction of sp³-hybridized carbons (Fsp3) is 0.316. The number of sulfonamides is 1. The topological polar surface area (TPSA) is 105 Å². The number of amides is 2. The molecule has 10 heteroatoms. The molecule has 0 spiro atoms. The van der Waals surface area contributed by atoms with Crippen LogP contribution in [0, 0.1) is 6.92 Å². The van der Waals surface area contributed by atoms with Gasteiger partial charge in [-0.25, -0.2) is 8.42 Å². The normalized spacial score (nSPS) is 14.1. The van der Waals surface area contributed by atoms with E-state index in [9.17, 15) is 18.0 Å². The molecule has 1 N–H and O–H groups in total. The molecule has 1 atom stereocenters. The Morgan fingerprint density at radius 2 is 1.42 bits per heavy atom. The second-order valence-corrected chi connectivity index (χ2v) is 14.0. The molecule has 1 aliphatic carbocycles. The number of ether oxygens (including phenoxy) is 2. The van der Waals surface area contributed by atoms with Gasteiger partial charge in [-0.05, 0) is 92.9 Å². The molecule has 9 nitrogen and oxygen atoms in total. The smallest absolute Gasteiger partial charge is 0.264 e. The zero-order valence-electron chi connectivity index (χ0n) is 27.7. The molecule has 0 unspecified atom stereocenters. The van der Waals surface area contributed by atoms with Gasteiger partial charge in [0, 0.05) is 12.6 Å². The Hall–Kier alpha value is -4.83. The summed E-state index contributed by atoms with van der Waals surface area (Å²) in [6, 6.07) is 28.8. The van der Waals surface area contributed by atoms with Crippen LogP contribution in [-0.4, -0.2) is 50.9 Å². The molecule has 0 radical (unpaired) electrons. The van der Waals surface area contributed by atoms with E-state index in [4.69, 9.17) is 9.47 Å². The molecule has 1 saturated carbocycles. The highest BCUT2D eigenvalue weighted by molar-refractivity contribution is 7.92. The van der Waals surface area contributed by atoms with Crippen LogP contribution in [0.5, 0.6) is 17.2 Å². The minimum atomic E-state index is -4.19. The summed E-state index contributed by atoms with van der Waals surface area (Å²) >= 11 is 0. The number of hydrogen-bond acceptors (Lipinski definition) is 6. The monoisotopic (exact) mass is 669 g/mol. The highest BCUT2D eigenvalue weighted by Gasteiger charge is 2.33. The van der Waals surface area contributed by atoms with Crippen LogP contribution in [0.25, 0.3) is 0 Å². The van der Waals surface area contributed by atoms with Gasteiger partial charge in [-0.3, -0.25) is 13.9 Å². The van der Waals surface area contributed by atoms with Gasteiger partial charge < -0.3 is 19.7 Å². The first-order valence-electron chi connectivity index (χ1n) is 16.3. The van der Waals surface area contributed by atoms with Crippen LogP contribution >= 0.6 is 0 Å². The van der Waals surface area contributed by atoms with E-state index in [0.29, 0.717) is 17.2 Å². The number of aryl methyl sites for hydroxylation is 1. The number of methoxy groups -OCH3 is 1. The van der Waals surface area contributed by atoms with E-state index in [2.05, 4.69) is 5.32 Å². The number of anilines is 1. The van der Waals surface area contributed by atoms with Crippen LogP contribution < -0.4 is 19.1 Å². The van der Waals surface area contributed by atoms with E-state index in [1.807, 2.05) is 49.4 Å². The SMILES string of the molecule is COc1ccc(CN(C(=O)CN(c2ccc(Oc3ccccc3)cc2)S(=O)(=O)c2ccc(C)cc2)[C@H](C)C(=O)NC2CCCCC2)cc1. The van der Waals surface area contributed by atoms with Crippen molar-refractivity contribution in [1.82, 2.24) is 10.2 Å². The first kappa shape index (κ1) is 34.5. The van der Waals surface area contributed by atoms with Crippen molar-refractivity contribution in [3.63, 3.8) is 0 Å². The molecule has 4 aromatic carbocycles. The van der Waals surface area contributed by atoms with Crippen molar-refractivity contribution in [2.24, 2.45) is 0 Å². The molecule has 2 amide bonds. The molecule has 0 heterocycles. The summed E-state index contributed by atoms with van der Waals surface area (Å²) in [6.07, 6.45) is 5.05. The Morgan fingerprint density at radius 1 is 0.812 bits per heavy atom. The van der Waals surface area contributed by atoms with Crippen molar-refractivity contribution in [3.05, 3.63) is 114 Å². The van der Waals surface area contributed by atoms with E-state index in [-0.39, 0.29) is 29.1 Å². The van der Waals surface area contributed by atoms with Gasteiger partial charge in [0.2, 0.25) is 11.8 Å². The molecule has 252 valence electrons. The fourth-order valence-corrected chi connectivity index (χ4v) is 7.16. The summed E-state index contributed by atoms with van der Waals surface area (Å²) in [7, 11) is -2.62. The Balaban J connectivity index is 1.46. The van der Waals surface area contributed by atoms with E-state index < -0.39 is 28.5 Å². The first-order valence-corrected chi connectivity index (χ1v) is 17.7. The van der Waals surface area contributed by atoms with Gasteiger partial charge in [-0.2, -0.15) is 0 Å². The van der Waals surface area contributed by atoms with Crippen LogP contribution in [0.2, 0.25) is 0 Å². The number of nitrogens with one attached hydrogen (secondary N) is 1. The fourth-order valence-electron chi connectivity index (χ4n) is 5.75. The minimum Gasteiger partial charge on any atom is -0.497 e. The standard InChI is InChI=1S/C38H43N3O6S/c1-28-14-24-36(25-15-28)48(44,45)41(32-18-22-35(23-19-32)47-34-12-8-5-9-13-34)27-37(42)40(26-30-16-20-33(46-3)21-17-30)29(2)38(43)39-31-10-6-4-7-11-31/h5,8-9,12-25,29,31H,4,6-7,10-11,26-27H2,1-3H3,(H,39,43)/t29-/m1/s1. The lowest BCUT2D eigenvalue weighted by atomic mass is 9.95. The van der Waals surface area contributed by atoms with Crippen LogP contribution in [0.4, 0.5) is 5.69 Å². The van der Waals surface area contributed by atoms with E-state index in [0.717, 1.165) is 47.5 Å². The lowest BCUT2D eigenvalue weighted by Crippen LogP contribution is -2.53. The lowest BCUT2D eigenvalue weighted by Gasteiger charge is -2.33. The average molecular weight is 670 g/mol. The maximum atomic E-state index is 14.3. The molecule has 0 saturated heterocycles. The maximum Gasteiger partial charge on any atom is 0.264 e. The Morgan fingerprint density at radius 3 is 2.04 bits per heavy atom. The molecular formula is C38H43N3O6S. The molecule has 0 aromatic heterocycles. The number of nitrogens with zero attached hydrogens (tertiary/aromatic N) is 2. The Labute approximate surface area is 283 Å². The second kappa shape index (κ2) is 15.8. The van der Waals surface area contributed by atoms with E-state index in [1.54, 1.807) is 62.6 Å². The highest BCUT2D eigenvalue weighted by atomic mass is 32.2. The second-order valence-electron chi connectivity index (χ2n) is 12.1. The minimum absolute atomic E-state index is 0.0512. The third-order valence-corrected chi connectivity index (χ3v) is 10.4. The quantitative estimate of drug-likeness (QED) is 0.167. The predicted octanol–water partition coefficient (Wildman–Crippen LogP) is 6.86. The van der Waals surface area contributed by atoms with Gasteiger partial charge in [0.15, 0.2) is 0 Å². The summed E-state index contributed by atoms with van der Waals surface area (Å²) in [5, 5.41) is 3.13. The average Bonchev–Trinajstić information content (AvgIpc) is 3.11. The third kappa shape index (κ3) is 8.74. The lowest BCUT2D eigenvalue weighted by molar-refractivity contribution is -0.139. The molecule has 1 fully saturated rings. The van der Waals surface area contributed by atoms with Crippen molar-refractivity contribution in [2.45, 2.75) is 69.5 Å². The van der Waals surface area contributed by atoms with Gasteiger partial charge in [0.1, 0.15) is 29.8 Å². The van der Waals surface area contributed by atoms with Crippen LogP contribution in [0.3, 0.4) is 0 Å². The van der Waals surface area contributed by atoms with Crippen molar-refractivity contribution in [2.75, 3.05) is 18.0 Å². The van der Waals surface area contributed by atoms with Gasteiger partial charge in [-0.15, -0.1) is 0 Å². The summed E-state index contributed by atoms with van der Waals surface area (Å²) in [6.45, 7) is 3.14. The van der Waals surface area contributed by atoms with Crippen molar-refractivity contribution >= 4 is 27.5 Å². The molecule has 1 aliphatic rings. The van der Waals surface area contributed by atoms with Gasteiger partial charge in [0.25, 0.3) is 10.0 Å². The van der Waals surface area contributed by atoms with Crippen LogP contribution in [0.1, 0.15) is 50.2 Å². The number of carbonyl (C=O) groups excluding carboxylic acids is 2. The summed E-state index contributed by atoms with van der Waals surface area (Å²) in [5.41, 5.74) is 1.97. The number of para-hydroxylation sites is 1. The molecule has 0 aliphatic heterocycles. The number of hydrogen-bond donors (Lipinski definition) is 1. The first-order chi connectivity index (χ1) is 23.1. The number of carbonyl (C=O) groups is 2. The Kier molecular flexibility index (Phi) is 11.4. The van der Waals surface area contributed by atoms with Gasteiger partial charge in [-0.1, -0.05) is 67.3 Å².